The molecule has 0 saturated carbocycles. The predicted octanol–water partition coefficient (Wildman–Crippen LogP) is 6.04. The molecule has 0 bridgehead atoms. The second-order valence-electron chi connectivity index (χ2n) is 10.2. The lowest BCUT2D eigenvalue weighted by Crippen LogP contribution is -2.48. The summed E-state index contributed by atoms with van der Waals surface area (Å²) in [6, 6.07) is 8.48. The van der Waals surface area contributed by atoms with E-state index in [1.807, 2.05) is 0 Å². The summed E-state index contributed by atoms with van der Waals surface area (Å²) in [5.41, 5.74) is 4.72. The molecular weight excluding hydrogens is 611 g/mol. The molecule has 2 aromatic rings. The van der Waals surface area contributed by atoms with Crippen LogP contribution >= 0.6 is 0 Å². The molecule has 1 heterocycles. The van der Waals surface area contributed by atoms with Crippen LogP contribution in [0.15, 0.2) is 47.5 Å². The molecule has 3 amide bonds. The van der Waals surface area contributed by atoms with Gasteiger partial charge in [-0.1, -0.05) is 30.3 Å². The number of amides is 3. The Morgan fingerprint density at radius 1 is 0.932 bits per heavy atom. The summed E-state index contributed by atoms with van der Waals surface area (Å²) in [6.45, 7) is 1.58. The van der Waals surface area contributed by atoms with Gasteiger partial charge in [0.2, 0.25) is 18.0 Å². The molecule has 7 nitrogen and oxygen atoms in total. The number of aliphatic imine (C=N–C) groups is 1. The van der Waals surface area contributed by atoms with Crippen LogP contribution in [-0.4, -0.2) is 42.0 Å². The molecule has 1 aliphatic heterocycles. The smallest absolute Gasteiger partial charge is 0.369 e. The van der Waals surface area contributed by atoms with Gasteiger partial charge in [-0.3, -0.25) is 14.4 Å². The highest BCUT2D eigenvalue weighted by atomic mass is 19.4. The van der Waals surface area contributed by atoms with E-state index in [2.05, 4.69) is 15.6 Å². The topological polar surface area (TPSA) is 114 Å². The van der Waals surface area contributed by atoms with Gasteiger partial charge in [0.15, 0.2) is 0 Å². The Morgan fingerprint density at radius 3 is 2.16 bits per heavy atom. The number of rotatable bonds is 10. The molecule has 1 aliphatic rings. The van der Waals surface area contributed by atoms with Crippen LogP contribution in [0.2, 0.25) is 0 Å². The number of nitrogens with one attached hydrogen (secondary N) is 2. The highest BCUT2D eigenvalue weighted by Crippen LogP contribution is 2.34. The number of carbonyl (C=O) groups is 3. The van der Waals surface area contributed by atoms with Crippen LogP contribution < -0.4 is 16.4 Å². The average Bonchev–Trinajstić information content (AvgIpc) is 3.03. The van der Waals surface area contributed by atoms with Crippen molar-refractivity contribution in [3.63, 3.8) is 0 Å². The van der Waals surface area contributed by atoms with Gasteiger partial charge in [0.1, 0.15) is 0 Å². The Morgan fingerprint density at radius 2 is 1.57 bits per heavy atom. The summed E-state index contributed by atoms with van der Waals surface area (Å²) < 4.78 is 118. The minimum absolute atomic E-state index is 0.113. The summed E-state index contributed by atoms with van der Waals surface area (Å²) in [7, 11) is 0. The van der Waals surface area contributed by atoms with Gasteiger partial charge in [-0.25, -0.2) is 4.99 Å². The van der Waals surface area contributed by atoms with Gasteiger partial charge in [0.25, 0.3) is 5.91 Å². The fraction of sp³-hybridized carbons (Fsp3) is 0.429. The van der Waals surface area contributed by atoms with E-state index in [0.717, 1.165) is 18.2 Å². The highest BCUT2D eigenvalue weighted by Gasteiger charge is 2.39. The van der Waals surface area contributed by atoms with E-state index in [4.69, 9.17) is 5.73 Å². The fourth-order valence-corrected chi connectivity index (χ4v) is 4.79. The number of primary amides is 1. The Kier molecular flexibility index (Phi) is 10.4. The molecule has 3 atom stereocenters. The molecule has 0 fully saturated rings. The first-order valence-electron chi connectivity index (χ1n) is 13.2. The predicted molar refractivity (Wildman–Crippen MR) is 140 cm³/mol. The number of benzodiazepines with no additional fused rings is 1. The van der Waals surface area contributed by atoms with Crippen molar-refractivity contribution in [2.45, 2.75) is 63.7 Å². The van der Waals surface area contributed by atoms with Crippen LogP contribution in [0, 0.1) is 18.8 Å². The quantitative estimate of drug-likeness (QED) is 0.276. The summed E-state index contributed by atoms with van der Waals surface area (Å²) in [4.78, 5) is 42.9. The Bertz CT molecular complexity index is 1420. The number of nitrogens with two attached hydrogens (primary N) is 1. The maximum absolute atomic E-state index is 13.5. The van der Waals surface area contributed by atoms with Crippen molar-refractivity contribution in [3.8, 4) is 0 Å². The number of nitrogens with zero attached hydrogens (tertiary/aromatic N) is 1. The molecule has 0 aromatic heterocycles. The number of alkyl halides is 9. The van der Waals surface area contributed by atoms with Crippen LogP contribution in [0.5, 0.6) is 0 Å². The average molecular weight is 639 g/mol. The molecule has 4 N–H and O–H groups in total. The third-order valence-corrected chi connectivity index (χ3v) is 6.93. The number of para-hydroxylation sites is 1. The molecule has 0 unspecified atom stereocenters. The minimum Gasteiger partial charge on any atom is -0.369 e. The van der Waals surface area contributed by atoms with E-state index in [-0.39, 0.29) is 22.5 Å². The first kappa shape index (κ1) is 34.4. The lowest BCUT2D eigenvalue weighted by atomic mass is 9.83. The molecular formula is C28H27F9N4O3. The van der Waals surface area contributed by atoms with Gasteiger partial charge in [0, 0.05) is 35.8 Å². The van der Waals surface area contributed by atoms with Gasteiger partial charge in [-0.15, -0.1) is 0 Å². The largest absolute Gasteiger partial charge is 0.416 e. The first-order valence-corrected chi connectivity index (χ1v) is 13.2. The first-order chi connectivity index (χ1) is 20.3. The van der Waals surface area contributed by atoms with E-state index >= 15 is 0 Å². The maximum Gasteiger partial charge on any atom is 0.416 e. The number of hydrogen-bond acceptors (Lipinski definition) is 4. The van der Waals surface area contributed by atoms with Crippen molar-refractivity contribution in [1.29, 1.82) is 0 Å². The molecule has 240 valence electrons. The van der Waals surface area contributed by atoms with Crippen LogP contribution in [0.25, 0.3) is 0 Å². The van der Waals surface area contributed by atoms with Gasteiger partial charge in [0.05, 0.1) is 17.0 Å². The highest BCUT2D eigenvalue weighted by molar-refractivity contribution is 6.20. The minimum atomic E-state index is -4.82. The van der Waals surface area contributed by atoms with Crippen molar-refractivity contribution >= 4 is 29.1 Å². The maximum atomic E-state index is 13.5. The second-order valence-corrected chi connectivity index (χ2v) is 10.2. The number of hydrogen-bond donors (Lipinski definition) is 3. The second kappa shape index (κ2) is 13.3. The van der Waals surface area contributed by atoms with Gasteiger partial charge in [-0.2, -0.15) is 39.5 Å². The van der Waals surface area contributed by atoms with E-state index in [9.17, 15) is 53.9 Å². The summed E-state index contributed by atoms with van der Waals surface area (Å²) >= 11 is 0. The molecule has 0 aliphatic carbocycles. The normalized spacial score (nSPS) is 17.1. The number of carbonyl (C=O) groups excluding carboxylic acids is 3. The molecule has 44 heavy (non-hydrogen) atoms. The number of benzene rings is 2. The van der Waals surface area contributed by atoms with E-state index in [1.165, 1.54) is 18.2 Å². The molecule has 3 rings (SSSR count). The molecule has 0 radical (unpaired) electrons. The Balaban J connectivity index is 2.04. The van der Waals surface area contributed by atoms with Crippen molar-refractivity contribution in [2.24, 2.45) is 22.6 Å². The third-order valence-electron chi connectivity index (χ3n) is 6.93. The molecule has 0 spiro atoms. The Hall–Kier alpha value is -4.11. The number of fused-ring (bicyclic) bond motifs is 1. The number of anilines is 1. The van der Waals surface area contributed by atoms with Gasteiger partial charge >= 0.3 is 18.5 Å². The number of halogens is 9. The zero-order valence-electron chi connectivity index (χ0n) is 23.0. The summed E-state index contributed by atoms with van der Waals surface area (Å²) in [5.74, 6) is -7.34. The monoisotopic (exact) mass is 638 g/mol. The van der Waals surface area contributed by atoms with Crippen LogP contribution in [0.4, 0.5) is 45.2 Å². The summed E-state index contributed by atoms with van der Waals surface area (Å²) in [6.07, 6.45) is -21.6. The third kappa shape index (κ3) is 9.19. The van der Waals surface area contributed by atoms with Crippen LogP contribution in [-0.2, 0) is 20.6 Å². The summed E-state index contributed by atoms with van der Waals surface area (Å²) in [5, 5.41) is 4.63. The van der Waals surface area contributed by atoms with Crippen molar-refractivity contribution in [1.82, 2.24) is 5.32 Å². The van der Waals surface area contributed by atoms with Gasteiger partial charge in [-0.05, 0) is 43.9 Å². The van der Waals surface area contributed by atoms with E-state index in [0.29, 0.717) is 5.56 Å². The lowest BCUT2D eigenvalue weighted by Gasteiger charge is -2.26. The lowest BCUT2D eigenvalue weighted by molar-refractivity contribution is -0.147. The van der Waals surface area contributed by atoms with E-state index in [1.54, 1.807) is 13.0 Å². The van der Waals surface area contributed by atoms with Crippen molar-refractivity contribution in [3.05, 3.63) is 64.7 Å². The molecule has 0 saturated heterocycles. The van der Waals surface area contributed by atoms with Crippen LogP contribution in [0.3, 0.4) is 0 Å². The zero-order valence-corrected chi connectivity index (χ0v) is 23.0. The van der Waals surface area contributed by atoms with Crippen molar-refractivity contribution in [2.75, 3.05) is 5.32 Å². The zero-order chi connectivity index (χ0) is 33.0. The Labute approximate surface area is 245 Å². The molecule has 2 aromatic carbocycles. The standard InChI is InChI=1S/C28H27F9N4O3/c1-14-5-2-8-19-20(14)40-25(44)23(39-21(19)15-6-3-7-16(13-15)28(35,36)37)41-24(43)18(10-12-27(32,33)34)17(22(38)42)9-4-11-26(29,30)31/h2-3,5-8,13,17-18,23H,4,9-12H2,1H3,(H2,38,42)(H,40,44)(H,41,43)/t17-,18+,23+/m0/s1. The molecule has 16 heteroatoms. The number of aryl methyl sites for hydroxylation is 1. The SMILES string of the molecule is Cc1cccc2c1NC(=O)[C@@H](NC(=O)[C@H](CCC(F)(F)F)[C@H](CCCC(F)(F)F)C(N)=O)N=C2c1cccc(C(F)(F)F)c1. The van der Waals surface area contributed by atoms with Gasteiger partial charge < -0.3 is 16.4 Å². The van der Waals surface area contributed by atoms with Crippen LogP contribution in [0.1, 0.15) is 54.4 Å². The van der Waals surface area contributed by atoms with E-state index < -0.39 is 91.9 Å². The fourth-order valence-electron chi connectivity index (χ4n) is 4.79. The van der Waals surface area contributed by atoms with Crippen molar-refractivity contribution < 1.29 is 53.9 Å².